The highest BCUT2D eigenvalue weighted by atomic mass is 32.2. The molecular weight excluding hydrogens is 487 g/mol. The van der Waals surface area contributed by atoms with Crippen LogP contribution in [0.2, 0.25) is 0 Å². The molecule has 0 radical (unpaired) electrons. The highest BCUT2D eigenvalue weighted by Gasteiger charge is 2.36. The average molecular weight is 517 g/mol. The molecule has 1 aliphatic rings. The van der Waals surface area contributed by atoms with Crippen molar-refractivity contribution in [2.45, 2.75) is 30.7 Å². The van der Waals surface area contributed by atoms with Gasteiger partial charge in [-0.3, -0.25) is 4.79 Å². The van der Waals surface area contributed by atoms with Gasteiger partial charge in [-0.05, 0) is 72.2 Å². The molecule has 0 saturated heterocycles. The lowest BCUT2D eigenvalue weighted by atomic mass is 9.90. The fraction of sp³-hybridized carbons (Fsp3) is 0.346. The van der Waals surface area contributed by atoms with Gasteiger partial charge in [0.25, 0.3) is 0 Å². The number of sulfonamides is 1. The van der Waals surface area contributed by atoms with Crippen molar-refractivity contribution in [3.05, 3.63) is 87.4 Å². The van der Waals surface area contributed by atoms with Crippen molar-refractivity contribution in [3.63, 3.8) is 0 Å². The van der Waals surface area contributed by atoms with Crippen LogP contribution in [0.15, 0.2) is 64.9 Å². The quantitative estimate of drug-likeness (QED) is 0.396. The number of nitrogens with zero attached hydrogens (tertiary/aromatic N) is 2. The van der Waals surface area contributed by atoms with Gasteiger partial charge in [0.2, 0.25) is 15.9 Å². The van der Waals surface area contributed by atoms with E-state index in [1.54, 1.807) is 23.3 Å². The summed E-state index contributed by atoms with van der Waals surface area (Å²) in [5.74, 6) is -0.787. The Balaban J connectivity index is 1.65. The lowest BCUT2D eigenvalue weighted by molar-refractivity contribution is -0.133. The van der Waals surface area contributed by atoms with Crippen molar-refractivity contribution < 1.29 is 22.3 Å². The SMILES string of the molecule is COCCCN(CC(=O)N1CCc2sccc2C1c1ccccc1C)S(=O)(=O)c1ccc(F)cc1. The molecule has 2 heterocycles. The Labute approximate surface area is 210 Å². The van der Waals surface area contributed by atoms with Crippen LogP contribution < -0.4 is 0 Å². The minimum absolute atomic E-state index is 0.0432. The van der Waals surface area contributed by atoms with E-state index in [0.29, 0.717) is 19.6 Å². The van der Waals surface area contributed by atoms with Crippen LogP contribution in [-0.2, 0) is 26.0 Å². The van der Waals surface area contributed by atoms with Crippen LogP contribution in [0.25, 0.3) is 0 Å². The monoisotopic (exact) mass is 516 g/mol. The third kappa shape index (κ3) is 5.48. The van der Waals surface area contributed by atoms with Gasteiger partial charge in [-0.2, -0.15) is 4.31 Å². The number of thiophene rings is 1. The summed E-state index contributed by atoms with van der Waals surface area (Å²) >= 11 is 1.68. The minimum Gasteiger partial charge on any atom is -0.385 e. The Morgan fingerprint density at radius 3 is 2.60 bits per heavy atom. The fourth-order valence-electron chi connectivity index (χ4n) is 4.48. The largest absolute Gasteiger partial charge is 0.385 e. The van der Waals surface area contributed by atoms with E-state index in [1.807, 2.05) is 36.6 Å². The Morgan fingerprint density at radius 2 is 1.89 bits per heavy atom. The second-order valence-corrected chi connectivity index (χ2v) is 11.5. The number of methoxy groups -OCH3 is 1. The average Bonchev–Trinajstić information content (AvgIpc) is 3.32. The molecular formula is C26H29FN2O4S2. The minimum atomic E-state index is -4.01. The lowest BCUT2D eigenvalue weighted by Gasteiger charge is -2.38. The molecule has 6 nitrogen and oxygen atoms in total. The van der Waals surface area contributed by atoms with Crippen LogP contribution in [0.3, 0.4) is 0 Å². The van der Waals surface area contributed by atoms with E-state index in [0.717, 1.165) is 35.2 Å². The van der Waals surface area contributed by atoms with Gasteiger partial charge < -0.3 is 9.64 Å². The van der Waals surface area contributed by atoms with Gasteiger partial charge in [-0.25, -0.2) is 12.8 Å². The Hall–Kier alpha value is -2.59. The molecule has 35 heavy (non-hydrogen) atoms. The maximum Gasteiger partial charge on any atom is 0.243 e. The van der Waals surface area contributed by atoms with Crippen molar-refractivity contribution in [2.24, 2.45) is 0 Å². The summed E-state index contributed by atoms with van der Waals surface area (Å²) in [6.07, 6.45) is 1.16. The molecule has 0 saturated carbocycles. The van der Waals surface area contributed by atoms with Crippen molar-refractivity contribution in [3.8, 4) is 0 Å². The Morgan fingerprint density at radius 1 is 1.14 bits per heavy atom. The van der Waals surface area contributed by atoms with Crippen molar-refractivity contribution in [1.82, 2.24) is 9.21 Å². The molecule has 0 bridgehead atoms. The second kappa shape index (κ2) is 11.0. The predicted octanol–water partition coefficient (Wildman–Crippen LogP) is 4.40. The van der Waals surface area contributed by atoms with Crippen LogP contribution >= 0.6 is 11.3 Å². The van der Waals surface area contributed by atoms with E-state index in [2.05, 4.69) is 6.07 Å². The molecule has 0 aliphatic carbocycles. The van der Waals surface area contributed by atoms with E-state index >= 15 is 0 Å². The van der Waals surface area contributed by atoms with Crippen LogP contribution in [0.4, 0.5) is 4.39 Å². The fourth-order valence-corrected chi connectivity index (χ4v) is 6.81. The van der Waals surface area contributed by atoms with E-state index in [9.17, 15) is 17.6 Å². The maximum absolute atomic E-state index is 13.7. The molecule has 0 fully saturated rings. The highest BCUT2D eigenvalue weighted by molar-refractivity contribution is 7.89. The predicted molar refractivity (Wildman–Crippen MR) is 134 cm³/mol. The zero-order valence-electron chi connectivity index (χ0n) is 19.8. The number of benzene rings is 2. The molecule has 4 rings (SSSR count). The molecule has 3 aromatic rings. The first kappa shape index (κ1) is 25.5. The third-order valence-electron chi connectivity index (χ3n) is 6.29. The third-order valence-corrected chi connectivity index (χ3v) is 9.14. The van der Waals surface area contributed by atoms with Crippen LogP contribution in [0.5, 0.6) is 0 Å². The van der Waals surface area contributed by atoms with Gasteiger partial charge in [0.15, 0.2) is 0 Å². The number of aryl methyl sites for hydroxylation is 1. The van der Waals surface area contributed by atoms with Gasteiger partial charge in [-0.15, -0.1) is 11.3 Å². The maximum atomic E-state index is 13.7. The van der Waals surface area contributed by atoms with E-state index in [1.165, 1.54) is 21.3 Å². The normalized spacial score (nSPS) is 15.9. The molecule has 186 valence electrons. The number of amides is 1. The Bertz CT molecular complexity index is 1270. The molecule has 1 aromatic heterocycles. The molecule has 1 aliphatic heterocycles. The second-order valence-electron chi connectivity index (χ2n) is 8.53. The summed E-state index contributed by atoms with van der Waals surface area (Å²) in [6, 6.07) is 14.4. The number of hydrogen-bond acceptors (Lipinski definition) is 5. The first-order chi connectivity index (χ1) is 16.8. The number of carbonyl (C=O) groups excluding carboxylic acids is 1. The topological polar surface area (TPSA) is 66.9 Å². The molecule has 1 unspecified atom stereocenters. The summed E-state index contributed by atoms with van der Waals surface area (Å²) in [4.78, 5) is 16.7. The first-order valence-electron chi connectivity index (χ1n) is 11.5. The van der Waals surface area contributed by atoms with Crippen LogP contribution in [-0.4, -0.2) is 56.9 Å². The molecule has 0 N–H and O–H groups in total. The summed E-state index contributed by atoms with van der Waals surface area (Å²) in [5.41, 5.74) is 3.20. The molecule has 2 aromatic carbocycles. The molecule has 1 amide bonds. The highest BCUT2D eigenvalue weighted by Crippen LogP contribution is 2.39. The van der Waals surface area contributed by atoms with Crippen molar-refractivity contribution >= 4 is 27.3 Å². The van der Waals surface area contributed by atoms with Gasteiger partial charge in [-0.1, -0.05) is 24.3 Å². The zero-order valence-corrected chi connectivity index (χ0v) is 21.4. The van der Waals surface area contributed by atoms with Gasteiger partial charge in [0, 0.05) is 31.7 Å². The van der Waals surface area contributed by atoms with Gasteiger partial charge >= 0.3 is 0 Å². The van der Waals surface area contributed by atoms with Crippen LogP contribution in [0, 0.1) is 12.7 Å². The number of hydrogen-bond donors (Lipinski definition) is 0. The summed E-state index contributed by atoms with van der Waals surface area (Å²) in [6.45, 7) is 2.71. The number of halogens is 1. The zero-order chi connectivity index (χ0) is 25.0. The molecule has 9 heteroatoms. The number of ether oxygens (including phenoxy) is 1. The molecule has 0 spiro atoms. The smallest absolute Gasteiger partial charge is 0.243 e. The first-order valence-corrected chi connectivity index (χ1v) is 13.8. The standard InChI is InChI=1S/C26H29FN2O4S2/c1-19-6-3-4-7-22(19)26-23-13-17-34-24(23)12-15-29(26)25(30)18-28(14-5-16-33-2)35(31,32)21-10-8-20(27)9-11-21/h3-4,6-11,13,17,26H,5,12,14-16,18H2,1-2H3. The summed E-state index contributed by atoms with van der Waals surface area (Å²) < 4.78 is 46.5. The lowest BCUT2D eigenvalue weighted by Crippen LogP contribution is -2.47. The number of rotatable bonds is 9. The van der Waals surface area contributed by atoms with Crippen LogP contribution in [0.1, 0.15) is 34.0 Å². The Kier molecular flexibility index (Phi) is 8.01. The van der Waals surface area contributed by atoms with Crippen molar-refractivity contribution in [2.75, 3.05) is 33.4 Å². The number of carbonyl (C=O) groups is 1. The van der Waals surface area contributed by atoms with E-state index < -0.39 is 15.8 Å². The summed E-state index contributed by atoms with van der Waals surface area (Å²) in [7, 11) is -2.46. The van der Waals surface area contributed by atoms with Crippen molar-refractivity contribution in [1.29, 1.82) is 0 Å². The van der Waals surface area contributed by atoms with Gasteiger partial charge in [0.05, 0.1) is 17.5 Å². The van der Waals surface area contributed by atoms with E-state index in [4.69, 9.17) is 4.74 Å². The van der Waals surface area contributed by atoms with E-state index in [-0.39, 0.29) is 29.9 Å². The molecule has 1 atom stereocenters. The number of fused-ring (bicyclic) bond motifs is 1. The summed E-state index contributed by atoms with van der Waals surface area (Å²) in [5, 5.41) is 2.04. The van der Waals surface area contributed by atoms with Gasteiger partial charge in [0.1, 0.15) is 5.82 Å².